The van der Waals surface area contributed by atoms with E-state index in [1.54, 1.807) is 0 Å². The Morgan fingerprint density at radius 3 is 2.55 bits per heavy atom. The Hall–Kier alpha value is -0.275. The Labute approximate surface area is 68.4 Å². The second kappa shape index (κ2) is 4.57. The van der Waals surface area contributed by atoms with E-state index in [9.17, 15) is 0 Å². The molecule has 0 radical (unpaired) electrons. The third-order valence-electron chi connectivity index (χ3n) is 2.09. The van der Waals surface area contributed by atoms with Gasteiger partial charge in [-0.25, -0.2) is 0 Å². The van der Waals surface area contributed by atoms with Crippen molar-refractivity contribution < 1.29 is 9.68 Å². The predicted molar refractivity (Wildman–Crippen MR) is 46.1 cm³/mol. The molecule has 2 nitrogen and oxygen atoms in total. The largest absolute Gasteiger partial charge is 0.483 e. The monoisotopic (exact) mass is 154 g/mol. The van der Waals surface area contributed by atoms with Crippen molar-refractivity contribution >= 4 is 7.12 Å². The van der Waals surface area contributed by atoms with Crippen LogP contribution in [0.25, 0.3) is 0 Å². The minimum absolute atomic E-state index is 0.261. The van der Waals surface area contributed by atoms with Crippen LogP contribution in [0.4, 0.5) is 0 Å². The van der Waals surface area contributed by atoms with Crippen LogP contribution in [-0.2, 0) is 4.65 Å². The molecule has 0 amide bonds. The molecule has 11 heavy (non-hydrogen) atoms. The molecule has 0 atom stereocenters. The Morgan fingerprint density at radius 1 is 1.36 bits per heavy atom. The Balaban J connectivity index is 2.18. The summed E-state index contributed by atoms with van der Waals surface area (Å²) < 4.78 is 5.28. The summed E-state index contributed by atoms with van der Waals surface area (Å²) in [6.45, 7) is 3.45. The lowest BCUT2D eigenvalue weighted by molar-refractivity contribution is 0.132. The van der Waals surface area contributed by atoms with Gasteiger partial charge in [0.1, 0.15) is 0 Å². The van der Waals surface area contributed by atoms with Gasteiger partial charge < -0.3 is 9.68 Å². The zero-order valence-corrected chi connectivity index (χ0v) is 6.83. The van der Waals surface area contributed by atoms with Gasteiger partial charge in [0, 0.05) is 6.10 Å². The maximum absolute atomic E-state index is 9.07. The summed E-state index contributed by atoms with van der Waals surface area (Å²) in [4.78, 5) is 0. The van der Waals surface area contributed by atoms with Gasteiger partial charge in [0.25, 0.3) is 0 Å². The number of hydrogen-bond acceptors (Lipinski definition) is 2. The zero-order chi connectivity index (χ0) is 8.10. The van der Waals surface area contributed by atoms with Gasteiger partial charge in [-0.3, -0.25) is 0 Å². The van der Waals surface area contributed by atoms with Gasteiger partial charge in [-0.2, -0.15) is 0 Å². The van der Waals surface area contributed by atoms with E-state index in [1.165, 1.54) is 25.2 Å². The van der Waals surface area contributed by atoms with Crippen molar-refractivity contribution in [2.45, 2.75) is 38.2 Å². The molecule has 0 aromatic rings. The van der Waals surface area contributed by atoms with Crippen LogP contribution in [0.2, 0.25) is 0 Å². The molecule has 3 heteroatoms. The summed E-state index contributed by atoms with van der Waals surface area (Å²) in [5.41, 5.74) is 0. The lowest BCUT2D eigenvalue weighted by Crippen LogP contribution is -2.25. The van der Waals surface area contributed by atoms with Crippen molar-refractivity contribution in [3.05, 3.63) is 12.6 Å². The van der Waals surface area contributed by atoms with Crippen LogP contribution in [0.1, 0.15) is 32.1 Å². The van der Waals surface area contributed by atoms with Crippen molar-refractivity contribution in [3.8, 4) is 0 Å². The lowest BCUT2D eigenvalue weighted by atomic mass is 9.89. The topological polar surface area (TPSA) is 29.5 Å². The van der Waals surface area contributed by atoms with Gasteiger partial charge >= 0.3 is 7.12 Å². The predicted octanol–water partition coefficient (Wildman–Crippen LogP) is 1.54. The summed E-state index contributed by atoms with van der Waals surface area (Å²) in [5.74, 6) is 1.43. The van der Waals surface area contributed by atoms with E-state index in [1.807, 2.05) is 0 Å². The molecule has 1 rings (SSSR count). The molecule has 0 aliphatic heterocycles. The summed E-state index contributed by atoms with van der Waals surface area (Å²) in [5, 5.41) is 9.07. The van der Waals surface area contributed by atoms with Crippen molar-refractivity contribution in [2.24, 2.45) is 0 Å². The molecule has 1 aliphatic rings. The standard InChI is InChI=1S/C8H15BO2/c1-2-9(10)11-8-6-4-3-5-7-8/h2,8,10H,1,3-7H2. The number of rotatable bonds is 3. The van der Waals surface area contributed by atoms with Crippen LogP contribution < -0.4 is 0 Å². The fourth-order valence-corrected chi connectivity index (χ4v) is 1.45. The first-order chi connectivity index (χ1) is 5.33. The van der Waals surface area contributed by atoms with Gasteiger partial charge in [-0.15, -0.1) is 6.58 Å². The first kappa shape index (κ1) is 8.82. The van der Waals surface area contributed by atoms with Gasteiger partial charge in [-0.05, 0) is 12.8 Å². The first-order valence-corrected chi connectivity index (χ1v) is 4.29. The normalized spacial score (nSPS) is 19.7. The van der Waals surface area contributed by atoms with Crippen molar-refractivity contribution in [3.63, 3.8) is 0 Å². The quantitative estimate of drug-likeness (QED) is 0.624. The van der Waals surface area contributed by atoms with Crippen molar-refractivity contribution in [2.75, 3.05) is 0 Å². The first-order valence-electron chi connectivity index (χ1n) is 4.29. The van der Waals surface area contributed by atoms with Crippen LogP contribution >= 0.6 is 0 Å². The summed E-state index contributed by atoms with van der Waals surface area (Å²) in [6.07, 6.45) is 6.21. The molecule has 1 aliphatic carbocycles. The van der Waals surface area contributed by atoms with Crippen LogP contribution in [0, 0.1) is 0 Å². The van der Waals surface area contributed by atoms with Gasteiger partial charge in [0.2, 0.25) is 0 Å². The Bertz CT molecular complexity index is 121. The highest BCUT2D eigenvalue weighted by atomic mass is 16.5. The summed E-state index contributed by atoms with van der Waals surface area (Å²) in [6, 6.07) is 0. The third-order valence-corrected chi connectivity index (χ3v) is 2.09. The molecule has 1 fully saturated rings. The van der Waals surface area contributed by atoms with Gasteiger partial charge in [0.05, 0.1) is 0 Å². The molecule has 0 bridgehead atoms. The zero-order valence-electron chi connectivity index (χ0n) is 6.83. The van der Waals surface area contributed by atoms with E-state index < -0.39 is 7.12 Å². The minimum Gasteiger partial charge on any atom is -0.423 e. The average molecular weight is 154 g/mol. The van der Waals surface area contributed by atoms with E-state index in [0.717, 1.165) is 12.8 Å². The van der Waals surface area contributed by atoms with Crippen LogP contribution in [-0.4, -0.2) is 18.2 Å². The minimum atomic E-state index is -0.766. The third kappa shape index (κ3) is 3.08. The molecular weight excluding hydrogens is 139 g/mol. The Morgan fingerprint density at radius 2 is 2.00 bits per heavy atom. The molecule has 0 aromatic heterocycles. The van der Waals surface area contributed by atoms with E-state index in [-0.39, 0.29) is 6.10 Å². The highest BCUT2D eigenvalue weighted by Crippen LogP contribution is 2.20. The fraction of sp³-hybridized carbons (Fsp3) is 0.750. The van der Waals surface area contributed by atoms with Crippen LogP contribution in [0.3, 0.4) is 0 Å². The SMILES string of the molecule is C=CB(O)OC1CCCCC1. The highest BCUT2D eigenvalue weighted by molar-refractivity contribution is 6.48. The van der Waals surface area contributed by atoms with E-state index >= 15 is 0 Å². The maximum atomic E-state index is 9.07. The summed E-state index contributed by atoms with van der Waals surface area (Å²) in [7, 11) is -0.766. The van der Waals surface area contributed by atoms with Crippen LogP contribution in [0.5, 0.6) is 0 Å². The second-order valence-corrected chi connectivity index (χ2v) is 3.02. The van der Waals surface area contributed by atoms with E-state index in [4.69, 9.17) is 9.68 Å². The molecule has 1 N–H and O–H groups in total. The van der Waals surface area contributed by atoms with Crippen molar-refractivity contribution in [1.82, 2.24) is 0 Å². The van der Waals surface area contributed by atoms with Gasteiger partial charge in [-0.1, -0.05) is 25.2 Å². The molecule has 0 spiro atoms. The average Bonchev–Trinajstić information content (AvgIpc) is 2.06. The smallest absolute Gasteiger partial charge is 0.423 e. The molecule has 1 saturated carbocycles. The molecule has 0 heterocycles. The van der Waals surface area contributed by atoms with E-state index in [0.29, 0.717) is 0 Å². The second-order valence-electron chi connectivity index (χ2n) is 3.02. The molecule has 62 valence electrons. The number of hydrogen-bond donors (Lipinski definition) is 1. The highest BCUT2D eigenvalue weighted by Gasteiger charge is 2.18. The van der Waals surface area contributed by atoms with Crippen molar-refractivity contribution in [1.29, 1.82) is 0 Å². The molecular formula is C8H15BO2. The maximum Gasteiger partial charge on any atom is 0.483 e. The fourth-order valence-electron chi connectivity index (χ4n) is 1.45. The molecule has 0 saturated heterocycles. The Kier molecular flexibility index (Phi) is 3.67. The van der Waals surface area contributed by atoms with E-state index in [2.05, 4.69) is 6.58 Å². The van der Waals surface area contributed by atoms with Gasteiger partial charge in [0.15, 0.2) is 0 Å². The van der Waals surface area contributed by atoms with Crippen LogP contribution in [0.15, 0.2) is 12.6 Å². The summed E-state index contributed by atoms with van der Waals surface area (Å²) >= 11 is 0. The lowest BCUT2D eigenvalue weighted by Gasteiger charge is -2.22. The molecule has 0 unspecified atom stereocenters. The molecule has 0 aromatic carbocycles.